The summed E-state index contributed by atoms with van der Waals surface area (Å²) >= 11 is 4.33. The number of amides is 1. The Hall–Kier alpha value is -3.40. The Morgan fingerprint density at radius 1 is 1.13 bits per heavy atom. The maximum absolute atomic E-state index is 15.4. The lowest BCUT2D eigenvalue weighted by molar-refractivity contribution is -0.125. The first-order valence-electron chi connectivity index (χ1n) is 13.0. The van der Waals surface area contributed by atoms with Gasteiger partial charge in [0.15, 0.2) is 0 Å². The van der Waals surface area contributed by atoms with Crippen LogP contribution in [0, 0.1) is 23.5 Å². The molecule has 0 saturated carbocycles. The van der Waals surface area contributed by atoms with Gasteiger partial charge in [0.05, 0.1) is 36.6 Å². The number of hydrogen-bond donors (Lipinski definition) is 3. The number of aromatic nitrogens is 2. The van der Waals surface area contributed by atoms with E-state index in [-0.39, 0.29) is 53.2 Å². The number of halogens is 2. The summed E-state index contributed by atoms with van der Waals surface area (Å²) in [4.78, 5) is 29.0. The molecule has 0 bridgehead atoms. The lowest BCUT2D eigenvalue weighted by Crippen LogP contribution is -2.33. The summed E-state index contributed by atoms with van der Waals surface area (Å²) in [6.45, 7) is 8.15. The monoisotopic (exact) mass is 559 g/mol. The third kappa shape index (κ3) is 7.17. The van der Waals surface area contributed by atoms with Gasteiger partial charge in [0.2, 0.25) is 5.91 Å². The molecule has 39 heavy (non-hydrogen) atoms. The zero-order valence-corrected chi connectivity index (χ0v) is 23.5. The van der Waals surface area contributed by atoms with Crippen molar-refractivity contribution in [3.63, 3.8) is 0 Å². The second kappa shape index (κ2) is 13.6. The highest BCUT2D eigenvalue weighted by Gasteiger charge is 2.23. The molecular weight excluding hydrogens is 524 g/mol. The fraction of sp³-hybridized carbons (Fsp3) is 0.414. The molecule has 0 unspecified atom stereocenters. The molecule has 2 aromatic carbocycles. The molecule has 1 atom stereocenters. The molecule has 7 nitrogen and oxygen atoms in total. The predicted molar refractivity (Wildman–Crippen MR) is 149 cm³/mol. The minimum atomic E-state index is -1.23. The molecule has 1 amide bonds. The maximum Gasteiger partial charge on any atom is 0.336 e. The van der Waals surface area contributed by atoms with Crippen molar-refractivity contribution in [2.24, 2.45) is 11.8 Å². The average Bonchev–Trinajstić information content (AvgIpc) is 3.23. The van der Waals surface area contributed by atoms with Crippen LogP contribution in [-0.2, 0) is 24.3 Å². The van der Waals surface area contributed by atoms with E-state index in [4.69, 9.17) is 4.74 Å². The number of carboxylic acid groups (broad SMARTS) is 1. The molecule has 0 aliphatic heterocycles. The van der Waals surface area contributed by atoms with Gasteiger partial charge in [-0.05, 0) is 49.4 Å². The molecule has 210 valence electrons. The SMILES string of the molecule is CCOc1nc(CC)c(CNC(=O)[C@@H](CS)CC(C)C)n1Cc1cc(F)c(-c2ccccc2C(=O)O)cc1F. The summed E-state index contributed by atoms with van der Waals surface area (Å²) in [6.07, 6.45) is 1.24. The molecule has 0 fully saturated rings. The number of nitrogens with one attached hydrogen (secondary N) is 1. The zero-order valence-electron chi connectivity index (χ0n) is 22.6. The van der Waals surface area contributed by atoms with Crippen molar-refractivity contribution in [2.75, 3.05) is 12.4 Å². The Morgan fingerprint density at radius 2 is 1.85 bits per heavy atom. The van der Waals surface area contributed by atoms with Gasteiger partial charge in [-0.1, -0.05) is 39.0 Å². The zero-order chi connectivity index (χ0) is 28.7. The van der Waals surface area contributed by atoms with Crippen LogP contribution >= 0.6 is 12.6 Å². The first-order valence-corrected chi connectivity index (χ1v) is 13.6. The van der Waals surface area contributed by atoms with Gasteiger partial charge >= 0.3 is 5.97 Å². The number of benzene rings is 2. The van der Waals surface area contributed by atoms with Crippen molar-refractivity contribution in [1.82, 2.24) is 14.9 Å². The van der Waals surface area contributed by atoms with E-state index >= 15 is 8.78 Å². The largest absolute Gasteiger partial charge is 0.478 e. The fourth-order valence-electron chi connectivity index (χ4n) is 4.53. The minimum absolute atomic E-state index is 0.0330. The van der Waals surface area contributed by atoms with E-state index < -0.39 is 17.6 Å². The summed E-state index contributed by atoms with van der Waals surface area (Å²) < 4.78 is 38.0. The number of carbonyl (C=O) groups excluding carboxylic acids is 1. The van der Waals surface area contributed by atoms with Crippen LogP contribution in [0.2, 0.25) is 0 Å². The lowest BCUT2D eigenvalue weighted by Gasteiger charge is -2.18. The highest BCUT2D eigenvalue weighted by atomic mass is 32.1. The van der Waals surface area contributed by atoms with E-state index in [2.05, 4.69) is 22.9 Å². The van der Waals surface area contributed by atoms with Gasteiger partial charge < -0.3 is 15.2 Å². The number of aromatic carboxylic acids is 1. The van der Waals surface area contributed by atoms with Gasteiger partial charge in [-0.2, -0.15) is 17.6 Å². The molecule has 0 aliphatic rings. The topological polar surface area (TPSA) is 93.5 Å². The van der Waals surface area contributed by atoms with Crippen molar-refractivity contribution < 1.29 is 28.2 Å². The Balaban J connectivity index is 1.98. The molecule has 10 heteroatoms. The average molecular weight is 560 g/mol. The first kappa shape index (κ1) is 30.1. The van der Waals surface area contributed by atoms with E-state index in [1.165, 1.54) is 18.2 Å². The number of carbonyl (C=O) groups is 2. The predicted octanol–water partition coefficient (Wildman–Crippen LogP) is 5.74. The highest BCUT2D eigenvalue weighted by Crippen LogP contribution is 2.30. The van der Waals surface area contributed by atoms with Crippen LogP contribution in [0.25, 0.3) is 11.1 Å². The first-order chi connectivity index (χ1) is 18.6. The standard InChI is InChI=1S/C29H35F2N3O4S/c1-5-25-26(14-32-27(35)19(16-39)11-17(3)4)34(29(33-25)38-6-2)15-18-12-24(31)22(13-23(18)30)20-9-7-8-10-21(20)28(36)37/h7-10,12-13,17,19,39H,5-6,11,14-16H2,1-4H3,(H,32,35)(H,36,37)/t19-/m1/s1. The smallest absolute Gasteiger partial charge is 0.336 e. The van der Waals surface area contributed by atoms with E-state index in [1.54, 1.807) is 17.6 Å². The van der Waals surface area contributed by atoms with Gasteiger partial charge in [-0.15, -0.1) is 0 Å². The molecule has 0 saturated heterocycles. The number of carboxylic acids is 1. The van der Waals surface area contributed by atoms with Crippen LogP contribution < -0.4 is 10.1 Å². The van der Waals surface area contributed by atoms with Crippen molar-refractivity contribution in [3.05, 3.63) is 70.5 Å². The van der Waals surface area contributed by atoms with E-state index in [1.807, 2.05) is 20.8 Å². The molecule has 0 spiro atoms. The van der Waals surface area contributed by atoms with E-state index in [0.717, 1.165) is 12.1 Å². The molecule has 3 rings (SSSR count). The Labute approximate surface area is 233 Å². The number of aryl methyl sites for hydroxylation is 1. The Morgan fingerprint density at radius 3 is 2.46 bits per heavy atom. The van der Waals surface area contributed by atoms with Crippen molar-refractivity contribution >= 4 is 24.5 Å². The van der Waals surface area contributed by atoms with Crippen LogP contribution in [0.5, 0.6) is 6.01 Å². The minimum Gasteiger partial charge on any atom is -0.478 e. The third-order valence-corrected chi connectivity index (χ3v) is 6.86. The molecule has 2 N–H and O–H groups in total. The van der Waals surface area contributed by atoms with Crippen LogP contribution in [0.3, 0.4) is 0 Å². The van der Waals surface area contributed by atoms with Crippen molar-refractivity contribution in [3.8, 4) is 17.1 Å². The molecule has 0 radical (unpaired) electrons. The van der Waals surface area contributed by atoms with Gasteiger partial charge in [0.25, 0.3) is 6.01 Å². The highest BCUT2D eigenvalue weighted by molar-refractivity contribution is 7.80. The second-order valence-corrected chi connectivity index (χ2v) is 10.0. The molecule has 3 aromatic rings. The molecule has 0 aliphatic carbocycles. The van der Waals surface area contributed by atoms with E-state index in [9.17, 15) is 14.7 Å². The van der Waals surface area contributed by atoms with Crippen LogP contribution in [0.15, 0.2) is 36.4 Å². The fourth-order valence-corrected chi connectivity index (χ4v) is 4.85. The summed E-state index contributed by atoms with van der Waals surface area (Å²) in [7, 11) is 0. The number of imidazole rings is 1. The third-order valence-electron chi connectivity index (χ3n) is 6.42. The number of hydrogen-bond acceptors (Lipinski definition) is 5. The number of rotatable bonds is 13. The normalized spacial score (nSPS) is 12.0. The van der Waals surface area contributed by atoms with E-state index in [0.29, 0.717) is 42.5 Å². The van der Waals surface area contributed by atoms with Crippen LogP contribution in [0.4, 0.5) is 8.78 Å². The molecule has 1 heterocycles. The van der Waals surface area contributed by atoms with Gasteiger partial charge in [0, 0.05) is 22.8 Å². The summed E-state index contributed by atoms with van der Waals surface area (Å²) in [5.74, 6) is -2.34. The Bertz CT molecular complexity index is 1330. The van der Waals surface area contributed by atoms with Gasteiger partial charge in [0.1, 0.15) is 11.6 Å². The molecular formula is C29H35F2N3O4S. The van der Waals surface area contributed by atoms with Gasteiger partial charge in [-0.25, -0.2) is 13.6 Å². The van der Waals surface area contributed by atoms with Gasteiger partial charge in [-0.3, -0.25) is 9.36 Å². The number of ether oxygens (including phenoxy) is 1. The lowest BCUT2D eigenvalue weighted by atomic mass is 9.97. The number of thiol groups is 1. The van der Waals surface area contributed by atoms with Crippen molar-refractivity contribution in [1.29, 1.82) is 0 Å². The summed E-state index contributed by atoms with van der Waals surface area (Å²) in [6, 6.07) is 8.19. The second-order valence-electron chi connectivity index (χ2n) is 9.66. The maximum atomic E-state index is 15.4. The Kier molecular flexibility index (Phi) is 10.5. The molecule has 1 aromatic heterocycles. The van der Waals surface area contributed by atoms with Crippen LogP contribution in [-0.4, -0.2) is 38.9 Å². The number of nitrogens with zero attached hydrogens (tertiary/aromatic N) is 2. The van der Waals surface area contributed by atoms with Crippen molar-refractivity contribution in [2.45, 2.75) is 53.6 Å². The summed E-state index contributed by atoms with van der Waals surface area (Å²) in [5.41, 5.74) is 1.16. The quantitative estimate of drug-likeness (QED) is 0.232. The summed E-state index contributed by atoms with van der Waals surface area (Å²) in [5, 5.41) is 12.4. The van der Waals surface area contributed by atoms with Crippen LogP contribution in [0.1, 0.15) is 61.4 Å².